The summed E-state index contributed by atoms with van der Waals surface area (Å²) in [5.41, 5.74) is 9.30. The Morgan fingerprint density at radius 2 is 2.16 bits per heavy atom. The van der Waals surface area contributed by atoms with E-state index in [1.54, 1.807) is 6.07 Å². The Kier molecular flexibility index (Phi) is 2.56. The van der Waals surface area contributed by atoms with Crippen LogP contribution in [0.1, 0.15) is 44.2 Å². The molecule has 0 aromatic heterocycles. The zero-order valence-corrected chi connectivity index (χ0v) is 11.3. The van der Waals surface area contributed by atoms with Crippen LogP contribution in [0.3, 0.4) is 0 Å². The van der Waals surface area contributed by atoms with Gasteiger partial charge in [-0.1, -0.05) is 13.0 Å². The van der Waals surface area contributed by atoms with E-state index in [2.05, 4.69) is 6.92 Å². The number of carbonyl (C=O) groups excluding carboxylic acids is 1. The Balaban J connectivity index is 2.31. The van der Waals surface area contributed by atoms with E-state index in [-0.39, 0.29) is 22.7 Å². The highest BCUT2D eigenvalue weighted by atomic mass is 19.1. The summed E-state index contributed by atoms with van der Waals surface area (Å²) >= 11 is 0. The number of anilines is 1. The van der Waals surface area contributed by atoms with Gasteiger partial charge in [0.15, 0.2) is 5.78 Å². The number of nitrogens with two attached hydrogens (primary N) is 1. The average molecular weight is 259 g/mol. The number of rotatable bonds is 1. The number of ketones is 1. The standard InChI is InChI=1S/C16H18FNO/c1-3-16-7-6-13(19)9(2)14(16)10-4-5-12(18)15(17)11(10)8-16/h4-5H,3,6-8,18H2,1-2H3. The Labute approximate surface area is 112 Å². The number of hydrogen-bond donors (Lipinski definition) is 1. The van der Waals surface area contributed by atoms with Crippen molar-refractivity contribution in [3.8, 4) is 0 Å². The van der Waals surface area contributed by atoms with Crippen LogP contribution in [0.2, 0.25) is 0 Å². The summed E-state index contributed by atoms with van der Waals surface area (Å²) in [6.07, 6.45) is 3.01. The van der Waals surface area contributed by atoms with Crippen molar-refractivity contribution in [3.05, 3.63) is 34.6 Å². The van der Waals surface area contributed by atoms with E-state index in [1.165, 1.54) is 0 Å². The molecule has 2 nitrogen and oxygen atoms in total. The lowest BCUT2D eigenvalue weighted by Crippen LogP contribution is -2.27. The summed E-state index contributed by atoms with van der Waals surface area (Å²) in [6, 6.07) is 3.49. The molecule has 0 fully saturated rings. The number of allylic oxidation sites excluding steroid dienone is 2. The maximum Gasteiger partial charge on any atom is 0.158 e. The van der Waals surface area contributed by atoms with Gasteiger partial charge in [-0.15, -0.1) is 0 Å². The predicted octanol–water partition coefficient (Wildman–Crippen LogP) is 3.50. The van der Waals surface area contributed by atoms with Crippen LogP contribution in [-0.4, -0.2) is 5.78 Å². The van der Waals surface area contributed by atoms with Crippen LogP contribution < -0.4 is 5.73 Å². The van der Waals surface area contributed by atoms with E-state index in [0.717, 1.165) is 29.6 Å². The molecule has 1 atom stereocenters. The SMILES string of the molecule is CCC12CCC(=O)C(C)=C1c1ccc(N)c(F)c1C2. The maximum atomic E-state index is 14.2. The van der Waals surface area contributed by atoms with Gasteiger partial charge in [-0.3, -0.25) is 4.79 Å². The van der Waals surface area contributed by atoms with E-state index < -0.39 is 0 Å². The van der Waals surface area contributed by atoms with Gasteiger partial charge in [0.2, 0.25) is 0 Å². The molecule has 0 bridgehead atoms. The minimum absolute atomic E-state index is 0.0606. The van der Waals surface area contributed by atoms with Crippen molar-refractivity contribution in [1.82, 2.24) is 0 Å². The number of hydrogen-bond acceptors (Lipinski definition) is 2. The van der Waals surface area contributed by atoms with E-state index in [0.29, 0.717) is 18.4 Å². The van der Waals surface area contributed by atoms with Crippen LogP contribution in [0.25, 0.3) is 5.57 Å². The maximum absolute atomic E-state index is 14.2. The van der Waals surface area contributed by atoms with Crippen molar-refractivity contribution in [3.63, 3.8) is 0 Å². The van der Waals surface area contributed by atoms with Gasteiger partial charge < -0.3 is 5.73 Å². The highest BCUT2D eigenvalue weighted by Crippen LogP contribution is 2.56. The molecule has 2 aliphatic rings. The fourth-order valence-electron chi connectivity index (χ4n) is 3.73. The Morgan fingerprint density at radius 3 is 2.84 bits per heavy atom. The quantitative estimate of drug-likeness (QED) is 0.784. The van der Waals surface area contributed by atoms with Crippen LogP contribution in [-0.2, 0) is 11.2 Å². The molecule has 0 heterocycles. The van der Waals surface area contributed by atoms with E-state index >= 15 is 0 Å². The van der Waals surface area contributed by atoms with Gasteiger partial charge >= 0.3 is 0 Å². The number of benzene rings is 1. The highest BCUT2D eigenvalue weighted by Gasteiger charge is 2.46. The first kappa shape index (κ1) is 12.4. The fraction of sp³-hybridized carbons (Fsp3) is 0.438. The van der Waals surface area contributed by atoms with E-state index in [1.807, 2.05) is 13.0 Å². The molecule has 1 aromatic rings. The molecule has 2 aliphatic carbocycles. The van der Waals surface area contributed by atoms with E-state index in [9.17, 15) is 9.18 Å². The number of nitrogen functional groups attached to an aromatic ring is 1. The lowest BCUT2D eigenvalue weighted by molar-refractivity contribution is -0.116. The lowest BCUT2D eigenvalue weighted by atomic mass is 9.68. The largest absolute Gasteiger partial charge is 0.396 e. The zero-order chi connectivity index (χ0) is 13.8. The molecule has 0 amide bonds. The third-order valence-electron chi connectivity index (χ3n) is 4.89. The Bertz CT molecular complexity index is 617. The van der Waals surface area contributed by atoms with Gasteiger partial charge in [0.25, 0.3) is 0 Å². The van der Waals surface area contributed by atoms with Gasteiger partial charge in [-0.25, -0.2) is 4.39 Å². The summed E-state index contributed by atoms with van der Waals surface area (Å²) in [5, 5.41) is 0. The van der Waals surface area contributed by atoms with Crippen molar-refractivity contribution >= 4 is 17.0 Å². The third kappa shape index (κ3) is 1.50. The van der Waals surface area contributed by atoms with E-state index in [4.69, 9.17) is 5.73 Å². The molecule has 1 aromatic carbocycles. The number of fused-ring (bicyclic) bond motifs is 3. The van der Waals surface area contributed by atoms with Crippen LogP contribution in [0.4, 0.5) is 10.1 Å². The average Bonchev–Trinajstić information content (AvgIpc) is 2.75. The third-order valence-corrected chi connectivity index (χ3v) is 4.89. The van der Waals surface area contributed by atoms with Crippen LogP contribution in [0.15, 0.2) is 17.7 Å². The first-order chi connectivity index (χ1) is 9.00. The van der Waals surface area contributed by atoms with Crippen molar-refractivity contribution in [2.45, 2.75) is 39.5 Å². The number of Topliss-reactive ketones (excluding diaryl/α,β-unsaturated/α-hetero) is 1. The molecule has 100 valence electrons. The molecule has 0 radical (unpaired) electrons. The smallest absolute Gasteiger partial charge is 0.158 e. The number of carbonyl (C=O) groups is 1. The Hall–Kier alpha value is -1.64. The van der Waals surface area contributed by atoms with Gasteiger partial charge in [-0.05, 0) is 54.5 Å². The zero-order valence-electron chi connectivity index (χ0n) is 11.3. The normalized spacial score (nSPS) is 25.5. The highest BCUT2D eigenvalue weighted by molar-refractivity contribution is 6.06. The topological polar surface area (TPSA) is 43.1 Å². The van der Waals surface area contributed by atoms with Crippen LogP contribution in [0.5, 0.6) is 0 Å². The minimum atomic E-state index is -0.299. The lowest BCUT2D eigenvalue weighted by Gasteiger charge is -2.34. The molecular weight excluding hydrogens is 241 g/mol. The minimum Gasteiger partial charge on any atom is -0.396 e. The molecule has 3 rings (SSSR count). The molecule has 0 saturated carbocycles. The first-order valence-electron chi connectivity index (χ1n) is 6.82. The summed E-state index contributed by atoms with van der Waals surface area (Å²) in [6.45, 7) is 4.00. The summed E-state index contributed by atoms with van der Waals surface area (Å²) in [5.74, 6) is -0.100. The molecular formula is C16H18FNO. The predicted molar refractivity (Wildman–Crippen MR) is 74.1 cm³/mol. The van der Waals surface area contributed by atoms with Crippen LogP contribution in [0, 0.1) is 11.2 Å². The second-order valence-corrected chi connectivity index (χ2v) is 5.73. The van der Waals surface area contributed by atoms with Gasteiger partial charge in [0, 0.05) is 11.8 Å². The molecule has 0 aliphatic heterocycles. The van der Waals surface area contributed by atoms with Gasteiger partial charge in [-0.2, -0.15) is 0 Å². The van der Waals surface area contributed by atoms with Crippen molar-refractivity contribution < 1.29 is 9.18 Å². The fourth-order valence-corrected chi connectivity index (χ4v) is 3.73. The molecule has 19 heavy (non-hydrogen) atoms. The summed E-state index contributed by atoms with van der Waals surface area (Å²) in [4.78, 5) is 12.0. The Morgan fingerprint density at radius 1 is 1.42 bits per heavy atom. The van der Waals surface area contributed by atoms with Crippen LogP contribution >= 0.6 is 0 Å². The number of halogens is 1. The second-order valence-electron chi connectivity index (χ2n) is 5.73. The van der Waals surface area contributed by atoms with Gasteiger partial charge in [0.1, 0.15) is 5.82 Å². The van der Waals surface area contributed by atoms with Crippen molar-refractivity contribution in [2.24, 2.45) is 5.41 Å². The first-order valence-corrected chi connectivity index (χ1v) is 6.82. The molecule has 2 N–H and O–H groups in total. The monoisotopic (exact) mass is 259 g/mol. The molecule has 0 spiro atoms. The molecule has 0 saturated heterocycles. The molecule has 3 heteroatoms. The molecule has 1 unspecified atom stereocenters. The van der Waals surface area contributed by atoms with Crippen molar-refractivity contribution in [1.29, 1.82) is 0 Å². The van der Waals surface area contributed by atoms with Gasteiger partial charge in [0.05, 0.1) is 5.69 Å². The summed E-state index contributed by atoms with van der Waals surface area (Å²) in [7, 11) is 0. The second kappa shape index (κ2) is 3.92. The summed E-state index contributed by atoms with van der Waals surface area (Å²) < 4.78 is 14.2. The van der Waals surface area contributed by atoms with Crippen molar-refractivity contribution in [2.75, 3.05) is 5.73 Å².